The number of nitrogens with zero attached hydrogens (tertiary/aromatic N) is 5. The van der Waals surface area contributed by atoms with Crippen molar-refractivity contribution >= 4 is 0 Å². The summed E-state index contributed by atoms with van der Waals surface area (Å²) in [5.74, 6) is 0.880. The van der Waals surface area contributed by atoms with Crippen molar-refractivity contribution in [2.45, 2.75) is 19.6 Å². The molecule has 3 rings (SSSR count). The average Bonchev–Trinajstić information content (AvgIpc) is 3.09. The van der Waals surface area contributed by atoms with E-state index in [1.54, 1.807) is 31.9 Å². The molecule has 6 heteroatoms. The zero-order valence-electron chi connectivity index (χ0n) is 14.0. The molecule has 3 aromatic rings. The van der Waals surface area contributed by atoms with Gasteiger partial charge in [0.15, 0.2) is 0 Å². The summed E-state index contributed by atoms with van der Waals surface area (Å²) in [6.45, 7) is 2.28. The van der Waals surface area contributed by atoms with Gasteiger partial charge in [0.25, 0.3) is 0 Å². The maximum atomic E-state index is 5.48. The van der Waals surface area contributed by atoms with Crippen LogP contribution in [0.2, 0.25) is 0 Å². The van der Waals surface area contributed by atoms with Crippen LogP contribution in [0.4, 0.5) is 0 Å². The molecule has 0 aliphatic heterocycles. The molecule has 124 valence electrons. The molecule has 0 saturated carbocycles. The fourth-order valence-electron chi connectivity index (χ4n) is 2.68. The van der Waals surface area contributed by atoms with E-state index in [2.05, 4.69) is 39.1 Å². The second-order valence-corrected chi connectivity index (χ2v) is 5.72. The molecule has 6 nitrogen and oxygen atoms in total. The van der Waals surface area contributed by atoms with Crippen LogP contribution in [0, 0.1) is 0 Å². The van der Waals surface area contributed by atoms with Crippen LogP contribution in [-0.2, 0) is 19.6 Å². The van der Waals surface area contributed by atoms with E-state index < -0.39 is 0 Å². The standard InChI is InChI=1S/C18H21N5O/c1-22(14-17-11-19-7-8-20-17)12-15-4-5-18(24-2)16(10-15)13-23-9-3-6-21-23/h3-11H,12-14H2,1-2H3. The number of hydrogen-bond donors (Lipinski definition) is 0. The van der Waals surface area contributed by atoms with Gasteiger partial charge in [-0.1, -0.05) is 6.07 Å². The van der Waals surface area contributed by atoms with Crippen molar-refractivity contribution in [3.05, 3.63) is 72.1 Å². The van der Waals surface area contributed by atoms with Crippen LogP contribution in [0.1, 0.15) is 16.8 Å². The predicted molar refractivity (Wildman–Crippen MR) is 91.5 cm³/mol. The zero-order chi connectivity index (χ0) is 16.8. The summed E-state index contributed by atoms with van der Waals surface area (Å²) < 4.78 is 7.37. The molecule has 0 aliphatic rings. The molecular weight excluding hydrogens is 302 g/mol. The van der Waals surface area contributed by atoms with E-state index in [9.17, 15) is 0 Å². The maximum absolute atomic E-state index is 5.48. The summed E-state index contributed by atoms with van der Waals surface area (Å²) >= 11 is 0. The molecular formula is C18H21N5O. The van der Waals surface area contributed by atoms with Crippen molar-refractivity contribution < 1.29 is 4.74 Å². The van der Waals surface area contributed by atoms with Crippen LogP contribution in [-0.4, -0.2) is 38.8 Å². The van der Waals surface area contributed by atoms with Gasteiger partial charge >= 0.3 is 0 Å². The lowest BCUT2D eigenvalue weighted by Crippen LogP contribution is -2.18. The van der Waals surface area contributed by atoms with Gasteiger partial charge in [-0.3, -0.25) is 19.5 Å². The van der Waals surface area contributed by atoms with E-state index in [-0.39, 0.29) is 0 Å². The summed E-state index contributed by atoms with van der Waals surface area (Å²) in [6.07, 6.45) is 8.94. The molecule has 0 N–H and O–H groups in total. The Morgan fingerprint density at radius 1 is 1.17 bits per heavy atom. The highest BCUT2D eigenvalue weighted by atomic mass is 16.5. The number of methoxy groups -OCH3 is 1. The van der Waals surface area contributed by atoms with Gasteiger partial charge in [0.2, 0.25) is 0 Å². The summed E-state index contributed by atoms with van der Waals surface area (Å²) in [6, 6.07) is 8.21. The molecule has 0 spiro atoms. The van der Waals surface area contributed by atoms with Gasteiger partial charge in [-0.15, -0.1) is 0 Å². The Bertz CT molecular complexity index is 758. The molecule has 0 saturated heterocycles. The minimum Gasteiger partial charge on any atom is -0.496 e. The molecule has 0 unspecified atom stereocenters. The normalized spacial score (nSPS) is 11.0. The second kappa shape index (κ2) is 7.70. The van der Waals surface area contributed by atoms with E-state index in [0.717, 1.165) is 30.1 Å². The lowest BCUT2D eigenvalue weighted by molar-refractivity contribution is 0.314. The van der Waals surface area contributed by atoms with Crippen LogP contribution in [0.5, 0.6) is 5.75 Å². The Hall–Kier alpha value is -2.73. The summed E-state index contributed by atoms with van der Waals surface area (Å²) in [5.41, 5.74) is 3.31. The first-order valence-electron chi connectivity index (χ1n) is 7.81. The van der Waals surface area contributed by atoms with E-state index >= 15 is 0 Å². The molecule has 0 bridgehead atoms. The van der Waals surface area contributed by atoms with Crippen molar-refractivity contribution in [3.8, 4) is 5.75 Å². The first-order valence-corrected chi connectivity index (χ1v) is 7.81. The fraction of sp³-hybridized carbons (Fsp3) is 0.278. The second-order valence-electron chi connectivity index (χ2n) is 5.72. The van der Waals surface area contributed by atoms with Gasteiger partial charge in [0.1, 0.15) is 5.75 Å². The highest BCUT2D eigenvalue weighted by Crippen LogP contribution is 2.21. The third-order valence-corrected chi connectivity index (χ3v) is 3.74. The Labute approximate surface area is 141 Å². The third-order valence-electron chi connectivity index (χ3n) is 3.74. The first kappa shape index (κ1) is 16.1. The Morgan fingerprint density at radius 3 is 2.79 bits per heavy atom. The minimum atomic E-state index is 0.692. The van der Waals surface area contributed by atoms with Gasteiger partial charge in [0.05, 0.1) is 19.3 Å². The first-order chi connectivity index (χ1) is 11.7. The lowest BCUT2D eigenvalue weighted by atomic mass is 10.1. The Kier molecular flexibility index (Phi) is 5.18. The molecule has 24 heavy (non-hydrogen) atoms. The largest absolute Gasteiger partial charge is 0.496 e. The molecule has 0 amide bonds. The smallest absolute Gasteiger partial charge is 0.123 e. The van der Waals surface area contributed by atoms with Crippen molar-refractivity contribution in [3.63, 3.8) is 0 Å². The summed E-state index contributed by atoms with van der Waals surface area (Å²) in [5, 5.41) is 4.27. The van der Waals surface area contributed by atoms with Crippen molar-refractivity contribution in [1.29, 1.82) is 0 Å². The van der Waals surface area contributed by atoms with Gasteiger partial charge in [-0.25, -0.2) is 0 Å². The molecule has 0 fully saturated rings. The zero-order valence-corrected chi connectivity index (χ0v) is 14.0. The average molecular weight is 323 g/mol. The van der Waals surface area contributed by atoms with Gasteiger partial charge in [-0.2, -0.15) is 5.10 Å². The number of ether oxygens (including phenoxy) is 1. The van der Waals surface area contributed by atoms with Crippen LogP contribution in [0.3, 0.4) is 0 Å². The van der Waals surface area contributed by atoms with Gasteiger partial charge in [0, 0.05) is 49.6 Å². The maximum Gasteiger partial charge on any atom is 0.123 e. The molecule has 1 aromatic carbocycles. The van der Waals surface area contributed by atoms with Crippen molar-refractivity contribution in [2.75, 3.05) is 14.2 Å². The molecule has 0 aliphatic carbocycles. The van der Waals surface area contributed by atoms with Crippen molar-refractivity contribution in [2.24, 2.45) is 0 Å². The van der Waals surface area contributed by atoms with Crippen LogP contribution >= 0.6 is 0 Å². The number of benzene rings is 1. The molecule has 2 heterocycles. The number of rotatable bonds is 7. The third kappa shape index (κ3) is 4.17. The van der Waals surface area contributed by atoms with Crippen LogP contribution < -0.4 is 4.74 Å². The monoisotopic (exact) mass is 323 g/mol. The van der Waals surface area contributed by atoms with Crippen LogP contribution in [0.15, 0.2) is 55.2 Å². The van der Waals surface area contributed by atoms with Crippen molar-refractivity contribution in [1.82, 2.24) is 24.6 Å². The molecule has 0 atom stereocenters. The molecule has 0 radical (unpaired) electrons. The van der Waals surface area contributed by atoms with Crippen LogP contribution in [0.25, 0.3) is 0 Å². The van der Waals surface area contributed by atoms with Gasteiger partial charge < -0.3 is 4.74 Å². The topological polar surface area (TPSA) is 56.1 Å². The van der Waals surface area contributed by atoms with Gasteiger partial charge in [-0.05, 0) is 30.8 Å². The quantitative estimate of drug-likeness (QED) is 0.668. The Balaban J connectivity index is 1.71. The molecule has 2 aromatic heterocycles. The highest BCUT2D eigenvalue weighted by Gasteiger charge is 2.08. The fourth-order valence-corrected chi connectivity index (χ4v) is 2.68. The van der Waals surface area contributed by atoms with E-state index in [1.807, 2.05) is 23.0 Å². The minimum absolute atomic E-state index is 0.692. The predicted octanol–water partition coefficient (Wildman–Crippen LogP) is 2.36. The van der Waals surface area contributed by atoms with E-state index in [1.165, 1.54) is 5.56 Å². The summed E-state index contributed by atoms with van der Waals surface area (Å²) in [4.78, 5) is 10.6. The number of hydrogen-bond acceptors (Lipinski definition) is 5. The SMILES string of the molecule is COc1ccc(CN(C)Cc2cnccn2)cc1Cn1cccn1. The highest BCUT2D eigenvalue weighted by molar-refractivity contribution is 5.37. The van der Waals surface area contributed by atoms with E-state index in [4.69, 9.17) is 4.74 Å². The number of aromatic nitrogens is 4. The Morgan fingerprint density at radius 2 is 2.08 bits per heavy atom. The summed E-state index contributed by atoms with van der Waals surface area (Å²) in [7, 11) is 3.77. The lowest BCUT2D eigenvalue weighted by Gasteiger charge is -2.17. The van der Waals surface area contributed by atoms with E-state index in [0.29, 0.717) is 6.54 Å².